The predicted molar refractivity (Wildman–Crippen MR) is 145 cm³/mol. The lowest BCUT2D eigenvalue weighted by atomic mass is 10.2. The molecule has 1 aromatic heterocycles. The molecule has 1 aliphatic rings. The number of hydrogen-bond acceptors (Lipinski definition) is 8. The Morgan fingerprint density at radius 3 is 2.32 bits per heavy atom. The second kappa shape index (κ2) is 11.2. The van der Waals surface area contributed by atoms with Gasteiger partial charge in [0.1, 0.15) is 17.2 Å². The van der Waals surface area contributed by atoms with Gasteiger partial charge in [-0.3, -0.25) is 4.98 Å². The van der Waals surface area contributed by atoms with Gasteiger partial charge < -0.3 is 20.1 Å². The van der Waals surface area contributed by atoms with E-state index in [9.17, 15) is 18.3 Å². The highest BCUT2D eigenvalue weighted by Gasteiger charge is 2.31. The quantitative estimate of drug-likeness (QED) is 0.476. The molecule has 1 amide bonds. The molecule has 1 aliphatic heterocycles. The zero-order chi connectivity index (χ0) is 27.3. The van der Waals surface area contributed by atoms with E-state index < -0.39 is 21.7 Å². The van der Waals surface area contributed by atoms with E-state index in [2.05, 4.69) is 15.3 Å². The molecule has 4 rings (SSSR count). The summed E-state index contributed by atoms with van der Waals surface area (Å²) >= 11 is 0. The Morgan fingerprint density at radius 2 is 1.71 bits per heavy atom. The van der Waals surface area contributed by atoms with Crippen molar-refractivity contribution in [3.8, 4) is 5.75 Å². The molecule has 0 spiro atoms. The number of sulfonamides is 1. The molecule has 0 unspecified atom stereocenters. The minimum absolute atomic E-state index is 0.173. The Hall–Kier alpha value is -3.96. The van der Waals surface area contributed by atoms with E-state index in [1.807, 2.05) is 12.1 Å². The van der Waals surface area contributed by atoms with Crippen LogP contribution in [-0.2, 0) is 14.8 Å². The van der Waals surface area contributed by atoms with Gasteiger partial charge in [0, 0.05) is 31.9 Å². The van der Waals surface area contributed by atoms with Gasteiger partial charge in [-0.25, -0.2) is 18.2 Å². The van der Waals surface area contributed by atoms with Crippen LogP contribution in [0.2, 0.25) is 0 Å². The molecular formula is C27H31N5O5S. The van der Waals surface area contributed by atoms with E-state index >= 15 is 0 Å². The van der Waals surface area contributed by atoms with Gasteiger partial charge in [-0.2, -0.15) is 4.31 Å². The number of hydrogen-bond donors (Lipinski definition) is 2. The molecule has 11 heteroatoms. The second-order valence-corrected chi connectivity index (χ2v) is 11.7. The van der Waals surface area contributed by atoms with E-state index in [0.717, 1.165) is 5.56 Å². The molecule has 1 saturated heterocycles. The number of carbonyl (C=O) groups excluding carboxylic acids is 1. The largest absolute Gasteiger partial charge is 0.508 e. The third-order valence-electron chi connectivity index (χ3n) is 5.64. The van der Waals surface area contributed by atoms with Crippen LogP contribution in [0.4, 0.5) is 16.3 Å². The van der Waals surface area contributed by atoms with E-state index in [0.29, 0.717) is 17.2 Å². The van der Waals surface area contributed by atoms with E-state index in [4.69, 9.17) is 4.74 Å². The summed E-state index contributed by atoms with van der Waals surface area (Å²) in [5.74, 6) is 0.700. The monoisotopic (exact) mass is 537 g/mol. The van der Waals surface area contributed by atoms with Crippen molar-refractivity contribution in [2.45, 2.75) is 31.3 Å². The van der Waals surface area contributed by atoms with Crippen LogP contribution in [0.5, 0.6) is 5.75 Å². The SMILES string of the molecule is CC(C)(C)OC(=O)N1CCN(S(=O)(=O)c2ccc(Nc3cnc(/C=C/c4cccc(O)c4)cn3)cc2)CC1. The number of ether oxygens (including phenoxy) is 1. The summed E-state index contributed by atoms with van der Waals surface area (Å²) in [6.07, 6.45) is 6.37. The minimum atomic E-state index is -3.70. The van der Waals surface area contributed by atoms with Crippen LogP contribution in [0.15, 0.2) is 65.8 Å². The van der Waals surface area contributed by atoms with Crippen LogP contribution in [0.3, 0.4) is 0 Å². The van der Waals surface area contributed by atoms with Gasteiger partial charge in [-0.15, -0.1) is 0 Å². The van der Waals surface area contributed by atoms with Crippen molar-refractivity contribution in [2.75, 3.05) is 31.5 Å². The van der Waals surface area contributed by atoms with Gasteiger partial charge in [0.15, 0.2) is 0 Å². The van der Waals surface area contributed by atoms with Crippen molar-refractivity contribution < 1.29 is 23.1 Å². The number of anilines is 2. The highest BCUT2D eigenvalue weighted by molar-refractivity contribution is 7.89. The first-order chi connectivity index (χ1) is 18.0. The number of nitrogens with one attached hydrogen (secondary N) is 1. The summed E-state index contributed by atoms with van der Waals surface area (Å²) in [7, 11) is -3.70. The van der Waals surface area contributed by atoms with Crippen molar-refractivity contribution >= 4 is 39.8 Å². The van der Waals surface area contributed by atoms with Crippen molar-refractivity contribution in [1.82, 2.24) is 19.2 Å². The van der Waals surface area contributed by atoms with E-state index in [1.54, 1.807) is 69.6 Å². The maximum atomic E-state index is 13.1. The summed E-state index contributed by atoms with van der Waals surface area (Å²) in [6.45, 7) is 6.32. The molecule has 10 nitrogen and oxygen atoms in total. The number of phenols is 1. The van der Waals surface area contributed by atoms with Crippen LogP contribution in [0.25, 0.3) is 12.2 Å². The average molecular weight is 538 g/mol. The molecule has 0 bridgehead atoms. The molecule has 2 aromatic carbocycles. The number of amides is 1. The van der Waals surface area contributed by atoms with E-state index in [-0.39, 0.29) is 36.8 Å². The number of benzene rings is 2. The maximum absolute atomic E-state index is 13.1. The summed E-state index contributed by atoms with van der Waals surface area (Å²) in [6, 6.07) is 13.3. The number of nitrogens with zero attached hydrogens (tertiary/aromatic N) is 4. The fourth-order valence-electron chi connectivity index (χ4n) is 3.74. The van der Waals surface area contributed by atoms with Gasteiger partial charge in [0.05, 0.1) is 23.0 Å². The Bertz CT molecular complexity index is 1390. The van der Waals surface area contributed by atoms with Crippen molar-refractivity contribution in [3.63, 3.8) is 0 Å². The molecule has 0 radical (unpaired) electrons. The summed E-state index contributed by atoms with van der Waals surface area (Å²) in [5.41, 5.74) is 1.55. The normalized spacial score (nSPS) is 15.0. The Kier molecular flexibility index (Phi) is 7.98. The lowest BCUT2D eigenvalue weighted by molar-refractivity contribution is 0.0192. The standard InChI is InChI=1S/C27H31N5O5S/c1-27(2,3)37-26(34)31-13-15-32(16-14-31)38(35,36)24-11-9-21(10-12-24)30-25-19-28-22(18-29-25)8-7-20-5-4-6-23(33)17-20/h4-12,17-19,33H,13-16H2,1-3H3,(H,29,30)/b8-7+. The number of phenolic OH excluding ortho intramolecular Hbond substituents is 1. The number of carbonyl (C=O) groups is 1. The third-order valence-corrected chi connectivity index (χ3v) is 7.56. The van der Waals surface area contributed by atoms with Gasteiger partial charge in [0.25, 0.3) is 0 Å². The molecule has 1 fully saturated rings. The lowest BCUT2D eigenvalue weighted by Crippen LogP contribution is -2.51. The van der Waals surface area contributed by atoms with Crippen LogP contribution in [0.1, 0.15) is 32.0 Å². The molecule has 0 atom stereocenters. The predicted octanol–water partition coefficient (Wildman–Crippen LogP) is 4.34. The molecule has 0 saturated carbocycles. The van der Waals surface area contributed by atoms with Crippen LogP contribution < -0.4 is 5.32 Å². The van der Waals surface area contributed by atoms with Crippen LogP contribution in [-0.4, -0.2) is 70.6 Å². The van der Waals surface area contributed by atoms with Crippen molar-refractivity contribution in [1.29, 1.82) is 0 Å². The maximum Gasteiger partial charge on any atom is 0.410 e. The first kappa shape index (κ1) is 27.1. The van der Waals surface area contributed by atoms with E-state index in [1.165, 1.54) is 21.3 Å². The summed E-state index contributed by atoms with van der Waals surface area (Å²) < 4.78 is 33.0. The lowest BCUT2D eigenvalue weighted by Gasteiger charge is -2.35. The summed E-state index contributed by atoms with van der Waals surface area (Å²) in [4.78, 5) is 22.7. The smallest absolute Gasteiger partial charge is 0.410 e. The van der Waals surface area contributed by atoms with Crippen LogP contribution >= 0.6 is 0 Å². The Labute approximate surface area is 222 Å². The molecule has 3 aromatic rings. The fourth-order valence-corrected chi connectivity index (χ4v) is 5.17. The zero-order valence-corrected chi connectivity index (χ0v) is 22.4. The zero-order valence-electron chi connectivity index (χ0n) is 21.5. The molecule has 0 aliphatic carbocycles. The molecule has 2 heterocycles. The van der Waals surface area contributed by atoms with Gasteiger partial charge in [0.2, 0.25) is 10.0 Å². The highest BCUT2D eigenvalue weighted by Crippen LogP contribution is 2.22. The number of aromatic nitrogens is 2. The fraction of sp³-hybridized carbons (Fsp3) is 0.296. The van der Waals surface area contributed by atoms with Crippen molar-refractivity contribution in [3.05, 3.63) is 72.2 Å². The van der Waals surface area contributed by atoms with Gasteiger partial charge in [-0.05, 0) is 68.8 Å². The Morgan fingerprint density at radius 1 is 1.00 bits per heavy atom. The highest BCUT2D eigenvalue weighted by atomic mass is 32.2. The number of rotatable bonds is 6. The topological polar surface area (TPSA) is 125 Å². The molecule has 2 N–H and O–H groups in total. The average Bonchev–Trinajstić information content (AvgIpc) is 2.88. The molecule has 38 heavy (non-hydrogen) atoms. The first-order valence-corrected chi connectivity index (χ1v) is 13.6. The Balaban J connectivity index is 1.33. The number of piperazine rings is 1. The third kappa shape index (κ3) is 7.08. The van der Waals surface area contributed by atoms with Crippen LogP contribution in [0, 0.1) is 0 Å². The summed E-state index contributed by atoms with van der Waals surface area (Å²) in [5, 5.41) is 12.7. The van der Waals surface area contributed by atoms with Gasteiger partial charge in [-0.1, -0.05) is 18.2 Å². The van der Waals surface area contributed by atoms with Gasteiger partial charge >= 0.3 is 6.09 Å². The van der Waals surface area contributed by atoms with Crippen molar-refractivity contribution in [2.24, 2.45) is 0 Å². The minimum Gasteiger partial charge on any atom is -0.508 e. The first-order valence-electron chi connectivity index (χ1n) is 12.1. The number of aromatic hydroxyl groups is 1. The second-order valence-electron chi connectivity index (χ2n) is 9.78. The molecular weight excluding hydrogens is 506 g/mol. The molecule has 200 valence electrons.